The van der Waals surface area contributed by atoms with Crippen LogP contribution in [0.5, 0.6) is 0 Å². The Morgan fingerprint density at radius 2 is 2.00 bits per heavy atom. The Balaban J connectivity index is 1.51. The molecule has 1 aromatic heterocycles. The van der Waals surface area contributed by atoms with Gasteiger partial charge in [-0.25, -0.2) is 0 Å². The second-order valence-electron chi connectivity index (χ2n) is 7.14. The number of para-hydroxylation sites is 1. The number of furan rings is 1. The van der Waals surface area contributed by atoms with Crippen molar-refractivity contribution in [2.75, 3.05) is 25.0 Å². The number of benzene rings is 1. The van der Waals surface area contributed by atoms with Crippen LogP contribution in [0.2, 0.25) is 0 Å². The van der Waals surface area contributed by atoms with Gasteiger partial charge in [-0.2, -0.15) is 0 Å². The fraction of sp³-hybridized carbons (Fsp3) is 0.429. The SMILES string of the molecule is C[C@@H]1CCCC[NH+]1CCCNC(=O)c1ccccc1NC(=O)c1ccco1. The van der Waals surface area contributed by atoms with Crippen molar-refractivity contribution in [1.82, 2.24) is 5.32 Å². The van der Waals surface area contributed by atoms with E-state index >= 15 is 0 Å². The Hall–Kier alpha value is -2.60. The molecule has 2 aromatic rings. The average molecular weight is 370 g/mol. The standard InChI is InChI=1S/C21H27N3O3/c1-16-8-4-5-13-24(16)14-7-12-22-20(25)17-9-2-3-10-18(17)23-21(26)19-11-6-15-27-19/h2-3,6,9-11,15-16H,4-5,7-8,12-14H2,1H3,(H,22,25)(H,23,26)/p+1/t16-/m1/s1. The zero-order valence-electron chi connectivity index (χ0n) is 15.8. The first-order chi connectivity index (χ1) is 13.1. The smallest absolute Gasteiger partial charge is 0.291 e. The van der Waals surface area contributed by atoms with Crippen molar-refractivity contribution in [2.45, 2.75) is 38.6 Å². The summed E-state index contributed by atoms with van der Waals surface area (Å²) in [6, 6.07) is 11.0. The molecule has 2 heterocycles. The third-order valence-corrected chi connectivity index (χ3v) is 5.21. The van der Waals surface area contributed by atoms with Crippen LogP contribution in [-0.4, -0.2) is 37.5 Å². The van der Waals surface area contributed by atoms with Crippen LogP contribution in [0.4, 0.5) is 5.69 Å². The third kappa shape index (κ3) is 5.20. The van der Waals surface area contributed by atoms with Crippen molar-refractivity contribution in [1.29, 1.82) is 0 Å². The van der Waals surface area contributed by atoms with Gasteiger partial charge in [0.05, 0.1) is 36.6 Å². The zero-order valence-corrected chi connectivity index (χ0v) is 15.8. The molecule has 6 nitrogen and oxygen atoms in total. The molecule has 6 heteroatoms. The largest absolute Gasteiger partial charge is 0.459 e. The lowest BCUT2D eigenvalue weighted by Gasteiger charge is -2.30. The Labute approximate surface area is 159 Å². The lowest BCUT2D eigenvalue weighted by Crippen LogP contribution is -3.16. The Kier molecular flexibility index (Phi) is 6.65. The molecule has 0 aliphatic carbocycles. The van der Waals surface area contributed by atoms with Crippen LogP contribution >= 0.6 is 0 Å². The van der Waals surface area contributed by atoms with E-state index in [0.29, 0.717) is 23.8 Å². The van der Waals surface area contributed by atoms with Gasteiger partial charge in [0.2, 0.25) is 0 Å². The second-order valence-corrected chi connectivity index (χ2v) is 7.14. The van der Waals surface area contributed by atoms with Crippen LogP contribution in [0, 0.1) is 0 Å². The molecule has 1 saturated heterocycles. The van der Waals surface area contributed by atoms with Gasteiger partial charge in [-0.1, -0.05) is 12.1 Å². The maximum absolute atomic E-state index is 12.6. The highest BCUT2D eigenvalue weighted by Crippen LogP contribution is 2.16. The van der Waals surface area contributed by atoms with Gasteiger partial charge in [0.15, 0.2) is 5.76 Å². The van der Waals surface area contributed by atoms with Gasteiger partial charge >= 0.3 is 0 Å². The molecule has 0 spiro atoms. The molecule has 1 aromatic carbocycles. The third-order valence-electron chi connectivity index (χ3n) is 5.21. The molecule has 27 heavy (non-hydrogen) atoms. The molecule has 2 atom stereocenters. The number of hydrogen-bond donors (Lipinski definition) is 3. The Morgan fingerprint density at radius 1 is 1.15 bits per heavy atom. The van der Waals surface area contributed by atoms with E-state index in [1.165, 1.54) is 32.1 Å². The van der Waals surface area contributed by atoms with Crippen LogP contribution in [0.15, 0.2) is 47.1 Å². The molecular weight excluding hydrogens is 342 g/mol. The summed E-state index contributed by atoms with van der Waals surface area (Å²) in [5.41, 5.74) is 0.933. The van der Waals surface area contributed by atoms with E-state index in [1.54, 1.807) is 41.3 Å². The summed E-state index contributed by atoms with van der Waals surface area (Å²) < 4.78 is 5.10. The first-order valence-electron chi connectivity index (χ1n) is 9.72. The van der Waals surface area contributed by atoms with Gasteiger partial charge in [-0.3, -0.25) is 9.59 Å². The lowest BCUT2D eigenvalue weighted by atomic mass is 10.0. The van der Waals surface area contributed by atoms with Gasteiger partial charge in [0, 0.05) is 13.0 Å². The quantitative estimate of drug-likeness (QED) is 0.654. The van der Waals surface area contributed by atoms with Gasteiger partial charge in [0.1, 0.15) is 0 Å². The summed E-state index contributed by atoms with van der Waals surface area (Å²) in [5.74, 6) is -0.334. The van der Waals surface area contributed by atoms with Gasteiger partial charge < -0.3 is 20.0 Å². The van der Waals surface area contributed by atoms with Crippen LogP contribution in [0.3, 0.4) is 0 Å². The molecular formula is C21H28N3O3+. The van der Waals surface area contributed by atoms with Crippen molar-refractivity contribution in [2.24, 2.45) is 0 Å². The summed E-state index contributed by atoms with van der Waals surface area (Å²) in [6.45, 7) is 5.26. The zero-order chi connectivity index (χ0) is 19.1. The van der Waals surface area contributed by atoms with E-state index in [0.717, 1.165) is 13.0 Å². The van der Waals surface area contributed by atoms with Crippen molar-refractivity contribution in [3.63, 3.8) is 0 Å². The van der Waals surface area contributed by atoms with Crippen LogP contribution in [0.25, 0.3) is 0 Å². The Morgan fingerprint density at radius 3 is 2.78 bits per heavy atom. The fourth-order valence-electron chi connectivity index (χ4n) is 3.62. The molecule has 0 saturated carbocycles. The molecule has 0 bridgehead atoms. The minimum Gasteiger partial charge on any atom is -0.459 e. The molecule has 1 aliphatic heterocycles. The molecule has 1 aliphatic rings. The van der Waals surface area contributed by atoms with Gasteiger partial charge in [0.25, 0.3) is 11.8 Å². The molecule has 1 unspecified atom stereocenters. The fourth-order valence-corrected chi connectivity index (χ4v) is 3.62. The number of anilines is 1. The van der Waals surface area contributed by atoms with E-state index in [1.807, 2.05) is 0 Å². The number of quaternary nitrogens is 1. The number of carbonyl (C=O) groups excluding carboxylic acids is 2. The number of rotatable bonds is 7. The van der Waals surface area contributed by atoms with Crippen molar-refractivity contribution in [3.8, 4) is 0 Å². The lowest BCUT2D eigenvalue weighted by molar-refractivity contribution is -0.928. The predicted octanol–water partition coefficient (Wildman–Crippen LogP) is 2.11. The summed E-state index contributed by atoms with van der Waals surface area (Å²) in [4.78, 5) is 26.4. The maximum Gasteiger partial charge on any atom is 0.291 e. The van der Waals surface area contributed by atoms with E-state index in [2.05, 4.69) is 17.6 Å². The highest BCUT2D eigenvalue weighted by Gasteiger charge is 2.21. The molecule has 1 fully saturated rings. The average Bonchev–Trinajstić information content (AvgIpc) is 3.22. The number of amides is 2. The highest BCUT2D eigenvalue weighted by molar-refractivity contribution is 6.07. The molecule has 144 valence electrons. The van der Waals surface area contributed by atoms with Gasteiger partial charge in [-0.15, -0.1) is 0 Å². The second kappa shape index (κ2) is 9.37. The summed E-state index contributed by atoms with van der Waals surface area (Å²) in [6.07, 6.45) is 6.33. The van der Waals surface area contributed by atoms with E-state index in [4.69, 9.17) is 4.42 Å². The number of hydrogen-bond acceptors (Lipinski definition) is 3. The molecule has 2 amide bonds. The summed E-state index contributed by atoms with van der Waals surface area (Å²) in [7, 11) is 0. The molecule has 0 radical (unpaired) electrons. The van der Waals surface area contributed by atoms with Crippen LogP contribution in [0.1, 0.15) is 53.5 Å². The topological polar surface area (TPSA) is 75.8 Å². The summed E-state index contributed by atoms with van der Waals surface area (Å²) >= 11 is 0. The minimum atomic E-state index is -0.372. The molecule has 3 N–H and O–H groups in total. The maximum atomic E-state index is 12.6. The van der Waals surface area contributed by atoms with Crippen LogP contribution < -0.4 is 15.5 Å². The van der Waals surface area contributed by atoms with E-state index in [9.17, 15) is 9.59 Å². The molecule has 3 rings (SSSR count). The van der Waals surface area contributed by atoms with Crippen molar-refractivity contribution in [3.05, 3.63) is 54.0 Å². The monoisotopic (exact) mass is 370 g/mol. The predicted molar refractivity (Wildman–Crippen MR) is 104 cm³/mol. The Bertz CT molecular complexity index is 758. The first kappa shape index (κ1) is 19.2. The summed E-state index contributed by atoms with van der Waals surface area (Å²) in [5, 5.41) is 5.72. The van der Waals surface area contributed by atoms with Crippen LogP contribution in [-0.2, 0) is 0 Å². The number of nitrogens with one attached hydrogen (secondary N) is 3. The van der Waals surface area contributed by atoms with E-state index in [-0.39, 0.29) is 17.6 Å². The van der Waals surface area contributed by atoms with Crippen molar-refractivity contribution >= 4 is 17.5 Å². The van der Waals surface area contributed by atoms with E-state index < -0.39 is 0 Å². The number of piperidine rings is 1. The van der Waals surface area contributed by atoms with Crippen molar-refractivity contribution < 1.29 is 18.9 Å². The normalized spacial score (nSPS) is 19.4. The first-order valence-corrected chi connectivity index (χ1v) is 9.72. The minimum absolute atomic E-state index is 0.174. The highest BCUT2D eigenvalue weighted by atomic mass is 16.3. The number of carbonyl (C=O) groups is 2. The number of likely N-dealkylation sites (tertiary alicyclic amines) is 1. The van der Waals surface area contributed by atoms with Gasteiger partial charge in [-0.05, 0) is 50.5 Å².